The zero-order valence-corrected chi connectivity index (χ0v) is 19.8. The lowest BCUT2D eigenvalue weighted by molar-refractivity contribution is -0.122. The Kier molecular flexibility index (Phi) is 7.42. The van der Waals surface area contributed by atoms with Crippen molar-refractivity contribution in [2.45, 2.75) is 26.3 Å². The zero-order valence-electron chi connectivity index (χ0n) is 18.2. The summed E-state index contributed by atoms with van der Waals surface area (Å²) >= 11 is 6.69. The number of furan rings is 1. The van der Waals surface area contributed by atoms with Gasteiger partial charge in [-0.15, -0.1) is 0 Å². The van der Waals surface area contributed by atoms with Crippen molar-refractivity contribution in [3.8, 4) is 11.3 Å². The van der Waals surface area contributed by atoms with E-state index in [1.807, 2.05) is 61.5 Å². The summed E-state index contributed by atoms with van der Waals surface area (Å²) in [7, 11) is 0. The average molecular weight is 478 g/mol. The van der Waals surface area contributed by atoms with Gasteiger partial charge in [0.25, 0.3) is 5.91 Å². The molecule has 33 heavy (non-hydrogen) atoms. The molecule has 2 aromatic carbocycles. The number of benzene rings is 2. The largest absolute Gasteiger partial charge is 0.462 e. The van der Waals surface area contributed by atoms with E-state index in [1.54, 1.807) is 23.1 Å². The molecule has 0 saturated carbocycles. The van der Waals surface area contributed by atoms with Crippen LogP contribution in [-0.4, -0.2) is 27.7 Å². The van der Waals surface area contributed by atoms with E-state index in [4.69, 9.17) is 21.4 Å². The lowest BCUT2D eigenvalue weighted by Gasteiger charge is -2.14. The molecule has 1 aromatic heterocycles. The van der Waals surface area contributed by atoms with Crippen molar-refractivity contribution < 1.29 is 18.7 Å². The van der Waals surface area contributed by atoms with Crippen LogP contribution >= 0.6 is 24.0 Å². The lowest BCUT2D eigenvalue weighted by atomic mass is 10.1. The lowest BCUT2D eigenvalue weighted by Crippen LogP contribution is -2.27. The molecule has 3 aromatic rings. The van der Waals surface area contributed by atoms with Crippen LogP contribution in [0, 0.1) is 0 Å². The first-order valence-corrected chi connectivity index (χ1v) is 11.9. The number of rotatable bonds is 8. The Hall–Kier alpha value is -3.16. The molecule has 5 nitrogen and oxygen atoms in total. The molecular weight excluding hydrogens is 454 g/mol. The first-order valence-electron chi connectivity index (χ1n) is 10.7. The van der Waals surface area contributed by atoms with Gasteiger partial charge in [0.1, 0.15) is 15.8 Å². The van der Waals surface area contributed by atoms with E-state index in [0.29, 0.717) is 39.5 Å². The van der Waals surface area contributed by atoms with Crippen molar-refractivity contribution in [1.29, 1.82) is 0 Å². The Morgan fingerprint density at radius 1 is 1.09 bits per heavy atom. The summed E-state index contributed by atoms with van der Waals surface area (Å²) in [5.74, 6) is 0.755. The fourth-order valence-corrected chi connectivity index (χ4v) is 4.52. The number of carbonyl (C=O) groups is 2. The number of ether oxygens (including phenoxy) is 1. The number of nitrogens with zero attached hydrogens (tertiary/aromatic N) is 1. The number of carbonyl (C=O) groups excluding carboxylic acids is 2. The third-order valence-electron chi connectivity index (χ3n) is 5.09. The summed E-state index contributed by atoms with van der Waals surface area (Å²) in [5.41, 5.74) is 2.35. The topological polar surface area (TPSA) is 59.8 Å². The number of thiocarbonyl (C=S) groups is 1. The minimum Gasteiger partial charge on any atom is -0.462 e. The van der Waals surface area contributed by atoms with Crippen LogP contribution in [0.15, 0.2) is 76.1 Å². The van der Waals surface area contributed by atoms with Gasteiger partial charge in [-0.25, -0.2) is 4.79 Å². The van der Waals surface area contributed by atoms with Gasteiger partial charge < -0.3 is 9.15 Å². The van der Waals surface area contributed by atoms with E-state index in [-0.39, 0.29) is 11.9 Å². The number of thioether (sulfide) groups is 1. The fourth-order valence-electron chi connectivity index (χ4n) is 3.28. The van der Waals surface area contributed by atoms with Crippen LogP contribution in [0.5, 0.6) is 0 Å². The Balaban J connectivity index is 1.43. The van der Waals surface area contributed by atoms with Gasteiger partial charge in [0.15, 0.2) is 0 Å². The van der Waals surface area contributed by atoms with Crippen molar-refractivity contribution in [3.05, 3.63) is 88.5 Å². The average Bonchev–Trinajstić information content (AvgIpc) is 3.40. The van der Waals surface area contributed by atoms with Gasteiger partial charge >= 0.3 is 5.97 Å². The second-order valence-corrected chi connectivity index (χ2v) is 9.20. The molecule has 0 bridgehead atoms. The Morgan fingerprint density at radius 3 is 2.58 bits per heavy atom. The monoisotopic (exact) mass is 477 g/mol. The van der Waals surface area contributed by atoms with E-state index >= 15 is 0 Å². The fraction of sp³-hybridized carbons (Fsp3) is 0.192. The van der Waals surface area contributed by atoms with Crippen LogP contribution < -0.4 is 0 Å². The zero-order chi connectivity index (χ0) is 23.2. The Morgan fingerprint density at radius 2 is 1.85 bits per heavy atom. The molecule has 0 aliphatic carbocycles. The summed E-state index contributed by atoms with van der Waals surface area (Å²) in [6, 6.07) is 20.5. The second kappa shape index (κ2) is 10.6. The van der Waals surface area contributed by atoms with Crippen LogP contribution in [0.2, 0.25) is 0 Å². The van der Waals surface area contributed by atoms with Gasteiger partial charge in [-0.2, -0.15) is 0 Å². The first-order chi connectivity index (χ1) is 16.0. The number of amides is 1. The van der Waals surface area contributed by atoms with Gasteiger partial charge in [0, 0.05) is 11.6 Å². The first kappa shape index (κ1) is 23.0. The SMILES string of the molecule is CCCCOC(=O)c1ccc(-c2ccc(/C=C3\SC(=S)N(Cc4ccccc4)C3=O)o2)cc1. The highest BCUT2D eigenvalue weighted by Gasteiger charge is 2.32. The molecule has 7 heteroatoms. The molecule has 1 aliphatic rings. The summed E-state index contributed by atoms with van der Waals surface area (Å²) in [4.78, 5) is 27.1. The van der Waals surface area contributed by atoms with Crippen LogP contribution in [0.25, 0.3) is 17.4 Å². The summed E-state index contributed by atoms with van der Waals surface area (Å²) in [6.45, 7) is 2.92. The van der Waals surface area contributed by atoms with E-state index < -0.39 is 0 Å². The summed E-state index contributed by atoms with van der Waals surface area (Å²) < 4.78 is 11.7. The maximum atomic E-state index is 12.9. The van der Waals surface area contributed by atoms with Crippen molar-refractivity contribution in [2.75, 3.05) is 6.61 Å². The molecule has 1 fully saturated rings. The van der Waals surface area contributed by atoms with Gasteiger partial charge in [-0.05, 0) is 36.2 Å². The molecule has 0 spiro atoms. The molecule has 1 amide bonds. The van der Waals surface area contributed by atoms with Crippen LogP contribution in [-0.2, 0) is 16.1 Å². The predicted octanol–water partition coefficient (Wildman–Crippen LogP) is 6.30. The highest BCUT2D eigenvalue weighted by Crippen LogP contribution is 2.34. The van der Waals surface area contributed by atoms with Crippen molar-refractivity contribution in [1.82, 2.24) is 4.90 Å². The Labute approximate surface area is 202 Å². The molecule has 1 aliphatic heterocycles. The number of esters is 1. The van der Waals surface area contributed by atoms with E-state index in [1.165, 1.54) is 11.8 Å². The van der Waals surface area contributed by atoms with Crippen molar-refractivity contribution in [2.24, 2.45) is 0 Å². The normalized spacial score (nSPS) is 14.8. The van der Waals surface area contributed by atoms with Gasteiger partial charge in [-0.3, -0.25) is 9.69 Å². The van der Waals surface area contributed by atoms with E-state index in [2.05, 4.69) is 0 Å². The maximum absolute atomic E-state index is 12.9. The molecule has 0 N–H and O–H groups in total. The van der Waals surface area contributed by atoms with E-state index in [9.17, 15) is 9.59 Å². The second-order valence-electron chi connectivity index (χ2n) is 7.52. The highest BCUT2D eigenvalue weighted by molar-refractivity contribution is 8.26. The molecule has 2 heterocycles. The molecule has 0 atom stereocenters. The standard InChI is InChI=1S/C26H23NO4S2/c1-2-3-15-30-25(29)20-11-9-19(10-12-20)22-14-13-21(31-22)16-23-24(28)27(26(32)33-23)17-18-7-5-4-6-8-18/h4-14,16H,2-3,15,17H2,1H3/b23-16-. The van der Waals surface area contributed by atoms with Gasteiger partial charge in [0.05, 0.1) is 23.6 Å². The molecule has 1 saturated heterocycles. The van der Waals surface area contributed by atoms with Crippen molar-refractivity contribution >= 4 is 46.3 Å². The molecule has 0 radical (unpaired) electrons. The Bertz CT molecular complexity index is 1180. The summed E-state index contributed by atoms with van der Waals surface area (Å²) in [6.07, 6.45) is 3.54. The third kappa shape index (κ3) is 5.61. The summed E-state index contributed by atoms with van der Waals surface area (Å²) in [5, 5.41) is 0. The maximum Gasteiger partial charge on any atom is 0.338 e. The predicted molar refractivity (Wildman–Crippen MR) is 134 cm³/mol. The minimum absolute atomic E-state index is 0.127. The smallest absolute Gasteiger partial charge is 0.338 e. The number of hydrogen-bond acceptors (Lipinski definition) is 6. The van der Waals surface area contributed by atoms with Crippen LogP contribution in [0.4, 0.5) is 0 Å². The number of hydrogen-bond donors (Lipinski definition) is 0. The third-order valence-corrected chi connectivity index (χ3v) is 6.47. The number of unbranched alkanes of at least 4 members (excludes halogenated alkanes) is 1. The molecule has 0 unspecified atom stereocenters. The minimum atomic E-state index is -0.326. The van der Waals surface area contributed by atoms with Gasteiger partial charge in [-0.1, -0.05) is 79.8 Å². The molecule has 168 valence electrons. The quantitative estimate of drug-likeness (QED) is 0.164. The van der Waals surface area contributed by atoms with Crippen LogP contribution in [0.3, 0.4) is 0 Å². The van der Waals surface area contributed by atoms with Crippen LogP contribution in [0.1, 0.15) is 41.4 Å². The molecule has 4 rings (SSSR count). The van der Waals surface area contributed by atoms with E-state index in [0.717, 1.165) is 24.0 Å². The van der Waals surface area contributed by atoms with Crippen molar-refractivity contribution in [3.63, 3.8) is 0 Å². The van der Waals surface area contributed by atoms with Gasteiger partial charge in [0.2, 0.25) is 0 Å². The highest BCUT2D eigenvalue weighted by atomic mass is 32.2. The molecular formula is C26H23NO4S2.